The smallest absolute Gasteiger partial charge is 0.307 e. The van der Waals surface area contributed by atoms with E-state index in [1.54, 1.807) is 28.9 Å². The van der Waals surface area contributed by atoms with Crippen molar-refractivity contribution in [1.29, 1.82) is 0 Å². The van der Waals surface area contributed by atoms with Crippen molar-refractivity contribution in [2.45, 2.75) is 19.4 Å². The zero-order chi connectivity index (χ0) is 13.4. The van der Waals surface area contributed by atoms with Crippen molar-refractivity contribution in [3.63, 3.8) is 0 Å². The number of aryl methyl sites for hydroxylation is 1. The second-order valence-corrected chi connectivity index (χ2v) is 4.62. The first-order valence-electron chi connectivity index (χ1n) is 6.10. The number of phenolic OH excluding ortho intramolecular Hbond substituents is 1. The number of para-hydroxylation sites is 1. The molecule has 2 heterocycles. The molecule has 1 aromatic heterocycles. The highest BCUT2D eigenvalue weighted by Crippen LogP contribution is 2.28. The van der Waals surface area contributed by atoms with Crippen LogP contribution < -0.4 is 0 Å². The van der Waals surface area contributed by atoms with Crippen molar-refractivity contribution in [1.82, 2.24) is 14.8 Å². The zero-order valence-electron chi connectivity index (χ0n) is 10.2. The first-order chi connectivity index (χ1) is 9.15. The number of carboxylic acid groups (broad SMARTS) is 1. The van der Waals surface area contributed by atoms with E-state index in [1.807, 2.05) is 0 Å². The molecular formula is C13H13N3O3. The second kappa shape index (κ2) is 4.38. The number of phenols is 1. The number of carbonyl (C=O) groups is 1. The van der Waals surface area contributed by atoms with Crippen molar-refractivity contribution in [3.8, 4) is 17.1 Å². The Hall–Kier alpha value is -2.37. The van der Waals surface area contributed by atoms with E-state index in [2.05, 4.69) is 10.1 Å². The minimum Gasteiger partial charge on any atom is -0.507 e. The molecule has 6 nitrogen and oxygen atoms in total. The maximum absolute atomic E-state index is 11.0. The average molecular weight is 259 g/mol. The Balaban J connectivity index is 1.96. The third-order valence-corrected chi connectivity index (χ3v) is 3.36. The summed E-state index contributed by atoms with van der Waals surface area (Å²) in [6, 6.07) is 6.85. The molecule has 6 heteroatoms. The number of carboxylic acids is 1. The van der Waals surface area contributed by atoms with Crippen LogP contribution in [0.25, 0.3) is 11.4 Å². The highest BCUT2D eigenvalue weighted by Gasteiger charge is 2.27. The van der Waals surface area contributed by atoms with Crippen molar-refractivity contribution in [3.05, 3.63) is 30.1 Å². The van der Waals surface area contributed by atoms with Crippen molar-refractivity contribution < 1.29 is 15.0 Å². The highest BCUT2D eigenvalue weighted by atomic mass is 16.4. The maximum Gasteiger partial charge on any atom is 0.307 e. The first kappa shape index (κ1) is 11.7. The van der Waals surface area contributed by atoms with Gasteiger partial charge in [-0.3, -0.25) is 4.79 Å². The molecule has 0 spiro atoms. The second-order valence-electron chi connectivity index (χ2n) is 4.62. The van der Waals surface area contributed by atoms with Gasteiger partial charge in [-0.25, -0.2) is 9.67 Å². The van der Waals surface area contributed by atoms with Crippen LogP contribution in [0.1, 0.15) is 12.2 Å². The number of nitrogens with zero attached hydrogens (tertiary/aromatic N) is 3. The van der Waals surface area contributed by atoms with Gasteiger partial charge in [-0.2, -0.15) is 5.10 Å². The molecular weight excluding hydrogens is 246 g/mol. The number of benzene rings is 1. The summed E-state index contributed by atoms with van der Waals surface area (Å²) in [7, 11) is 0. The van der Waals surface area contributed by atoms with Crippen LogP contribution in [0.4, 0.5) is 0 Å². The normalized spacial score (nSPS) is 18.0. The van der Waals surface area contributed by atoms with Crippen LogP contribution in [0.3, 0.4) is 0 Å². The van der Waals surface area contributed by atoms with Crippen LogP contribution in [0.2, 0.25) is 0 Å². The molecule has 1 aliphatic rings. The molecule has 0 aliphatic carbocycles. The van der Waals surface area contributed by atoms with E-state index in [-0.39, 0.29) is 5.75 Å². The van der Waals surface area contributed by atoms with Crippen LogP contribution in [0.15, 0.2) is 24.3 Å². The van der Waals surface area contributed by atoms with E-state index in [1.165, 1.54) is 0 Å². The summed E-state index contributed by atoms with van der Waals surface area (Å²) in [4.78, 5) is 15.3. The van der Waals surface area contributed by atoms with E-state index in [4.69, 9.17) is 5.11 Å². The molecule has 0 bridgehead atoms. The Morgan fingerprint density at radius 3 is 2.89 bits per heavy atom. The molecule has 0 amide bonds. The Morgan fingerprint density at radius 2 is 2.16 bits per heavy atom. The summed E-state index contributed by atoms with van der Waals surface area (Å²) in [5, 5.41) is 23.1. The van der Waals surface area contributed by atoms with Gasteiger partial charge in [0.1, 0.15) is 11.6 Å². The molecule has 2 aromatic rings. The predicted molar refractivity (Wildman–Crippen MR) is 66.6 cm³/mol. The lowest BCUT2D eigenvalue weighted by atomic mass is 9.98. The van der Waals surface area contributed by atoms with Crippen LogP contribution >= 0.6 is 0 Å². The lowest BCUT2D eigenvalue weighted by Crippen LogP contribution is -2.26. The van der Waals surface area contributed by atoms with Crippen LogP contribution in [0.5, 0.6) is 5.75 Å². The van der Waals surface area contributed by atoms with Gasteiger partial charge in [0.2, 0.25) is 0 Å². The minimum atomic E-state index is -0.793. The largest absolute Gasteiger partial charge is 0.507 e. The summed E-state index contributed by atoms with van der Waals surface area (Å²) >= 11 is 0. The molecule has 0 fully saturated rings. The third kappa shape index (κ3) is 2.05. The number of hydrogen-bond donors (Lipinski definition) is 2. The van der Waals surface area contributed by atoms with Crippen LogP contribution in [-0.2, 0) is 17.8 Å². The number of aromatic hydroxyl groups is 1. The fourth-order valence-corrected chi connectivity index (χ4v) is 2.29. The Labute approximate surface area is 109 Å². The fourth-order valence-electron chi connectivity index (χ4n) is 2.29. The Kier molecular flexibility index (Phi) is 2.70. The third-order valence-electron chi connectivity index (χ3n) is 3.36. The molecule has 1 aromatic carbocycles. The van der Waals surface area contributed by atoms with Gasteiger partial charge in [-0.05, 0) is 18.6 Å². The van der Waals surface area contributed by atoms with Crippen molar-refractivity contribution in [2.24, 2.45) is 5.92 Å². The number of aliphatic carboxylic acids is 1. The van der Waals surface area contributed by atoms with Crippen molar-refractivity contribution in [2.75, 3.05) is 0 Å². The predicted octanol–water partition coefficient (Wildman–Crippen LogP) is 1.30. The van der Waals surface area contributed by atoms with E-state index < -0.39 is 11.9 Å². The topological polar surface area (TPSA) is 88.2 Å². The number of rotatable bonds is 2. The molecule has 1 aliphatic heterocycles. The molecule has 1 atom stereocenters. The molecule has 19 heavy (non-hydrogen) atoms. The van der Waals surface area contributed by atoms with Crippen molar-refractivity contribution >= 4 is 5.97 Å². The summed E-state index contributed by atoms with van der Waals surface area (Å²) < 4.78 is 1.72. The molecule has 0 saturated heterocycles. The molecule has 3 rings (SSSR count). The van der Waals surface area contributed by atoms with E-state index in [0.717, 1.165) is 0 Å². The van der Waals surface area contributed by atoms with Gasteiger partial charge >= 0.3 is 5.97 Å². The maximum atomic E-state index is 11.0. The number of aromatic nitrogens is 3. The number of fused-ring (bicyclic) bond motifs is 1. The molecule has 1 unspecified atom stereocenters. The van der Waals surface area contributed by atoms with Crippen LogP contribution in [-0.4, -0.2) is 30.9 Å². The van der Waals surface area contributed by atoms with Gasteiger partial charge in [0.15, 0.2) is 5.82 Å². The minimum absolute atomic E-state index is 0.125. The van der Waals surface area contributed by atoms with Gasteiger partial charge in [0, 0.05) is 13.0 Å². The fraction of sp³-hybridized carbons (Fsp3) is 0.308. The Bertz CT molecular complexity index is 636. The van der Waals surface area contributed by atoms with E-state index in [0.29, 0.717) is 36.6 Å². The molecule has 98 valence electrons. The SMILES string of the molecule is O=C(O)C1CCn2nc(-c3ccccc3O)nc2C1. The number of hydrogen-bond acceptors (Lipinski definition) is 4. The van der Waals surface area contributed by atoms with E-state index in [9.17, 15) is 9.90 Å². The quantitative estimate of drug-likeness (QED) is 0.848. The van der Waals surface area contributed by atoms with Gasteiger partial charge in [0.05, 0.1) is 11.5 Å². The first-order valence-corrected chi connectivity index (χ1v) is 6.10. The van der Waals surface area contributed by atoms with Gasteiger partial charge in [0.25, 0.3) is 0 Å². The standard InChI is InChI=1S/C13H13N3O3/c17-10-4-2-1-3-9(10)12-14-11-7-8(13(18)19)5-6-16(11)15-12/h1-4,8,17H,5-7H2,(H,18,19). The Morgan fingerprint density at radius 1 is 1.37 bits per heavy atom. The van der Waals surface area contributed by atoms with Gasteiger partial charge in [-0.1, -0.05) is 12.1 Å². The molecule has 0 radical (unpaired) electrons. The van der Waals surface area contributed by atoms with Gasteiger partial charge in [-0.15, -0.1) is 0 Å². The monoisotopic (exact) mass is 259 g/mol. The lowest BCUT2D eigenvalue weighted by Gasteiger charge is -2.17. The molecule has 2 N–H and O–H groups in total. The molecule has 0 saturated carbocycles. The average Bonchev–Trinajstić information content (AvgIpc) is 2.81. The summed E-state index contributed by atoms with van der Waals surface area (Å²) in [6.45, 7) is 0.549. The van der Waals surface area contributed by atoms with E-state index >= 15 is 0 Å². The van der Waals surface area contributed by atoms with Gasteiger partial charge < -0.3 is 10.2 Å². The summed E-state index contributed by atoms with van der Waals surface area (Å²) in [5.74, 6) is 0.0450. The lowest BCUT2D eigenvalue weighted by molar-refractivity contribution is -0.142. The van der Waals surface area contributed by atoms with Crippen LogP contribution in [0, 0.1) is 5.92 Å². The summed E-state index contributed by atoms with van der Waals surface area (Å²) in [6.07, 6.45) is 0.946. The summed E-state index contributed by atoms with van der Waals surface area (Å²) in [5.41, 5.74) is 0.566. The highest BCUT2D eigenvalue weighted by molar-refractivity contribution is 5.70. The zero-order valence-corrected chi connectivity index (χ0v) is 10.2.